The smallest absolute Gasteiger partial charge is 0.255 e. The van der Waals surface area contributed by atoms with E-state index in [2.05, 4.69) is 52.9 Å². The van der Waals surface area contributed by atoms with E-state index in [4.69, 9.17) is 0 Å². The topological polar surface area (TPSA) is 168 Å². The fourth-order valence-electron chi connectivity index (χ4n) is 9.36. The number of imide groups is 1. The molecule has 328 valence electrons. The predicted octanol–water partition coefficient (Wildman–Crippen LogP) is 5.69. The molecule has 0 radical (unpaired) electrons. The number of hydrogen-bond donors (Lipinski definition) is 3. The molecule has 0 unspecified atom stereocenters. The number of benzene rings is 3. The van der Waals surface area contributed by atoms with E-state index < -0.39 is 50.6 Å². The van der Waals surface area contributed by atoms with Gasteiger partial charge in [-0.25, -0.2) is 22.2 Å². The lowest BCUT2D eigenvalue weighted by Gasteiger charge is -2.40. The molecule has 3 N–H and O–H groups in total. The molecule has 3 fully saturated rings. The maximum absolute atomic E-state index is 15.5. The molecule has 0 spiro atoms. The van der Waals surface area contributed by atoms with Crippen molar-refractivity contribution in [3.63, 3.8) is 0 Å². The Hall–Kier alpha value is -6.20. The number of amides is 3. The van der Waals surface area contributed by atoms with Gasteiger partial charge in [0.2, 0.25) is 27.6 Å². The molecule has 4 aliphatic heterocycles. The molecule has 63 heavy (non-hydrogen) atoms. The Labute approximate surface area is 363 Å². The number of sulfonamides is 1. The Balaban J connectivity index is 0.781. The number of H-pyrrole nitrogens is 1. The molecule has 14 nitrogen and oxygen atoms in total. The van der Waals surface area contributed by atoms with Crippen molar-refractivity contribution < 1.29 is 36.4 Å². The summed E-state index contributed by atoms with van der Waals surface area (Å²) in [5.41, 5.74) is 4.31. The zero-order chi connectivity index (χ0) is 44.0. The summed E-state index contributed by atoms with van der Waals surface area (Å²) in [4.78, 5) is 67.2. The van der Waals surface area contributed by atoms with Gasteiger partial charge in [-0.05, 0) is 91.3 Å². The number of anilines is 3. The van der Waals surface area contributed by atoms with E-state index in [1.807, 2.05) is 24.3 Å². The number of aromatic amines is 1. The molecule has 3 aromatic carbocycles. The van der Waals surface area contributed by atoms with Gasteiger partial charge in [-0.2, -0.15) is 0 Å². The first-order valence-corrected chi connectivity index (χ1v) is 23.1. The number of hydrogen-bond acceptors (Lipinski definition) is 10. The highest BCUT2D eigenvalue weighted by atomic mass is 32.2. The maximum Gasteiger partial charge on any atom is 0.255 e. The van der Waals surface area contributed by atoms with Crippen LogP contribution in [0.5, 0.6) is 0 Å². The van der Waals surface area contributed by atoms with Crippen LogP contribution in [0, 0.1) is 17.6 Å². The largest absolute Gasteiger partial charge is 0.372 e. The van der Waals surface area contributed by atoms with Crippen LogP contribution >= 0.6 is 0 Å². The first-order valence-electron chi connectivity index (χ1n) is 21.5. The number of carbonyl (C=O) groups is 4. The van der Waals surface area contributed by atoms with E-state index >= 15 is 4.39 Å². The molecule has 1 atom stereocenters. The Morgan fingerprint density at radius 1 is 0.873 bits per heavy atom. The summed E-state index contributed by atoms with van der Waals surface area (Å²) >= 11 is 0. The van der Waals surface area contributed by atoms with Crippen LogP contribution in [0.2, 0.25) is 0 Å². The molecule has 6 heterocycles. The van der Waals surface area contributed by atoms with E-state index in [1.54, 1.807) is 24.1 Å². The lowest BCUT2D eigenvalue weighted by Crippen LogP contribution is -2.52. The molecule has 0 bridgehead atoms. The van der Waals surface area contributed by atoms with Crippen LogP contribution in [0.3, 0.4) is 0 Å². The number of pyridine rings is 1. The number of aromatic nitrogens is 2. The number of ketones is 1. The zero-order valence-corrected chi connectivity index (χ0v) is 35.6. The SMILES string of the molecule is CCCS(=O)(=O)Nc1ccc(F)c(C(=O)c2c[nH]c3ncc(-c4ccc(N5CCC(CN6CCN(c7ccc8c(c7)CN([C@H]7CCC(=O)NC7=O)C8=O)CC6)CC5)cc4)cc23)c1F. The van der Waals surface area contributed by atoms with Crippen molar-refractivity contribution in [1.29, 1.82) is 0 Å². The zero-order valence-electron chi connectivity index (χ0n) is 34.8. The molecule has 5 aromatic rings. The van der Waals surface area contributed by atoms with Crippen molar-refractivity contribution in [2.45, 2.75) is 51.6 Å². The van der Waals surface area contributed by atoms with Crippen LogP contribution in [0.4, 0.5) is 25.8 Å². The standard InChI is InChI=1S/C46H48F2N8O6S/c1-2-21-63(61,62)52-38-10-9-37(47)41(42(38)48)43(58)36-25-50-44-35(36)23-30(24-49-44)29-3-5-32(6-4-29)54-15-13-28(14-16-54)26-53-17-19-55(20-18-53)33-7-8-34-31(22-33)27-56(46(34)60)39-11-12-40(57)51-45(39)59/h3-10,22-25,28,39,52H,2,11-21,26-27H2,1H3,(H,49,50)(H,51,57,59)/t39-/m0/s1. The highest BCUT2D eigenvalue weighted by molar-refractivity contribution is 7.92. The van der Waals surface area contributed by atoms with E-state index in [0.717, 1.165) is 93.3 Å². The molecule has 3 saturated heterocycles. The van der Waals surface area contributed by atoms with E-state index in [0.29, 0.717) is 47.5 Å². The van der Waals surface area contributed by atoms with Gasteiger partial charge >= 0.3 is 0 Å². The number of nitrogens with one attached hydrogen (secondary N) is 3. The molecule has 0 saturated carbocycles. The van der Waals surface area contributed by atoms with Crippen molar-refractivity contribution in [3.8, 4) is 11.1 Å². The molecular formula is C46H48F2N8O6S. The number of piperazine rings is 1. The van der Waals surface area contributed by atoms with Crippen molar-refractivity contribution >= 4 is 61.6 Å². The maximum atomic E-state index is 15.5. The molecule has 0 aliphatic carbocycles. The van der Waals surface area contributed by atoms with Crippen LogP contribution in [0.1, 0.15) is 70.9 Å². The van der Waals surface area contributed by atoms with E-state index in [1.165, 1.54) is 6.20 Å². The second-order valence-corrected chi connectivity index (χ2v) is 18.7. The number of fused-ring (bicyclic) bond motifs is 2. The first kappa shape index (κ1) is 42.1. The predicted molar refractivity (Wildman–Crippen MR) is 235 cm³/mol. The molecular weight excluding hydrogens is 831 g/mol. The van der Waals surface area contributed by atoms with Gasteiger partial charge in [-0.3, -0.25) is 34.1 Å². The second kappa shape index (κ2) is 17.2. The van der Waals surface area contributed by atoms with Crippen molar-refractivity contribution in [2.24, 2.45) is 5.92 Å². The Morgan fingerprint density at radius 2 is 1.60 bits per heavy atom. The quantitative estimate of drug-likeness (QED) is 0.105. The number of carbonyl (C=O) groups excluding carboxylic acids is 4. The fourth-order valence-corrected chi connectivity index (χ4v) is 10.5. The minimum absolute atomic E-state index is 0.00602. The monoisotopic (exact) mass is 878 g/mol. The molecule has 9 rings (SSSR count). The third-order valence-electron chi connectivity index (χ3n) is 12.8. The highest BCUT2D eigenvalue weighted by Gasteiger charge is 2.39. The lowest BCUT2D eigenvalue weighted by molar-refractivity contribution is -0.136. The van der Waals surface area contributed by atoms with E-state index in [9.17, 15) is 32.0 Å². The first-order chi connectivity index (χ1) is 30.4. The average Bonchev–Trinajstić information content (AvgIpc) is 3.85. The van der Waals surface area contributed by atoms with Gasteiger partial charge in [-0.1, -0.05) is 19.1 Å². The van der Waals surface area contributed by atoms with Gasteiger partial charge < -0.3 is 19.7 Å². The third kappa shape index (κ3) is 8.51. The van der Waals surface area contributed by atoms with Crippen LogP contribution < -0.4 is 19.8 Å². The molecule has 4 aliphatic rings. The minimum atomic E-state index is -3.89. The van der Waals surface area contributed by atoms with Crippen molar-refractivity contribution in [2.75, 3.05) is 66.1 Å². The van der Waals surface area contributed by atoms with Crippen LogP contribution in [-0.4, -0.2) is 109 Å². The normalized spacial score (nSPS) is 18.9. The summed E-state index contributed by atoms with van der Waals surface area (Å²) in [6.45, 7) is 8.60. The van der Waals surface area contributed by atoms with E-state index in [-0.39, 0.29) is 29.6 Å². The summed E-state index contributed by atoms with van der Waals surface area (Å²) in [7, 11) is -3.89. The summed E-state index contributed by atoms with van der Waals surface area (Å²) in [5.74, 6) is -3.86. The molecule has 17 heteroatoms. The molecule has 2 aromatic heterocycles. The highest BCUT2D eigenvalue weighted by Crippen LogP contribution is 2.34. The van der Waals surface area contributed by atoms with Crippen LogP contribution in [0.25, 0.3) is 22.2 Å². The van der Waals surface area contributed by atoms with Crippen LogP contribution in [0.15, 0.2) is 73.1 Å². The number of piperidine rings is 2. The Morgan fingerprint density at radius 3 is 2.33 bits per heavy atom. The number of rotatable bonds is 12. The van der Waals surface area contributed by atoms with Crippen LogP contribution in [-0.2, 0) is 26.2 Å². The fraction of sp³-hybridized carbons (Fsp3) is 0.370. The summed E-state index contributed by atoms with van der Waals surface area (Å²) in [6, 6.07) is 17.0. The van der Waals surface area contributed by atoms with Gasteiger partial charge in [0.1, 0.15) is 17.5 Å². The lowest BCUT2D eigenvalue weighted by atomic mass is 9.95. The van der Waals surface area contributed by atoms with Gasteiger partial charge in [0.25, 0.3) is 5.91 Å². The molecule has 3 amide bonds. The number of halogens is 2. The van der Waals surface area contributed by atoms with Crippen molar-refractivity contribution in [3.05, 3.63) is 107 Å². The average molecular weight is 879 g/mol. The minimum Gasteiger partial charge on any atom is -0.372 e. The van der Waals surface area contributed by atoms with Gasteiger partial charge in [0.05, 0.1) is 17.0 Å². The summed E-state index contributed by atoms with van der Waals surface area (Å²) in [5, 5.41) is 2.74. The summed E-state index contributed by atoms with van der Waals surface area (Å²) in [6.07, 6.45) is 6.04. The van der Waals surface area contributed by atoms with Gasteiger partial charge in [0, 0.05) is 105 Å². The Bertz CT molecular complexity index is 2730. The van der Waals surface area contributed by atoms with Crippen molar-refractivity contribution in [1.82, 2.24) is 25.1 Å². The second-order valence-electron chi connectivity index (χ2n) is 16.9. The van der Waals surface area contributed by atoms with Gasteiger partial charge in [0.15, 0.2) is 5.82 Å². The van der Waals surface area contributed by atoms with Gasteiger partial charge in [-0.15, -0.1) is 0 Å². The summed E-state index contributed by atoms with van der Waals surface area (Å²) < 4.78 is 57.3. The Kier molecular flexibility index (Phi) is 11.5. The third-order valence-corrected chi connectivity index (χ3v) is 14.3. The number of nitrogens with zero attached hydrogens (tertiary/aromatic N) is 5.